The quantitative estimate of drug-likeness (QED) is 0.500. The molecule has 4 rings (SSSR count). The molecule has 0 unspecified atom stereocenters. The van der Waals surface area contributed by atoms with Crippen molar-refractivity contribution in [2.45, 2.75) is 31.6 Å². The van der Waals surface area contributed by atoms with Crippen LogP contribution in [0, 0.1) is 12.7 Å². The summed E-state index contributed by atoms with van der Waals surface area (Å²) in [6, 6.07) is 21.9. The van der Waals surface area contributed by atoms with Gasteiger partial charge in [0.2, 0.25) is 11.8 Å². The monoisotopic (exact) mass is 448 g/mol. The van der Waals surface area contributed by atoms with Crippen LogP contribution >= 0.6 is 11.8 Å². The van der Waals surface area contributed by atoms with Crippen LogP contribution in [0.15, 0.2) is 72.8 Å². The summed E-state index contributed by atoms with van der Waals surface area (Å²) in [5.74, 6) is -0.600. The molecule has 0 radical (unpaired) electrons. The number of nitrogens with zero attached hydrogens (tertiary/aromatic N) is 1. The highest BCUT2D eigenvalue weighted by Crippen LogP contribution is 2.43. The van der Waals surface area contributed by atoms with Crippen LogP contribution in [-0.4, -0.2) is 17.6 Å². The van der Waals surface area contributed by atoms with Gasteiger partial charge in [-0.1, -0.05) is 55.5 Å². The van der Waals surface area contributed by atoms with Crippen molar-refractivity contribution >= 4 is 35.0 Å². The van der Waals surface area contributed by atoms with Crippen LogP contribution in [0.2, 0.25) is 0 Å². The molecule has 4 nitrogen and oxygen atoms in total. The molecule has 1 fully saturated rings. The molecule has 1 aliphatic rings. The molecule has 0 spiro atoms. The Labute approximate surface area is 191 Å². The maximum atomic E-state index is 14.6. The normalized spacial score (nSPS) is 16.8. The number of carbonyl (C=O) groups is 2. The SMILES string of the molecule is CC[C@H](C(=O)Nc1cccc([C@H]2SCC(=O)N2c2cc(C)ccc2F)c1)c1ccccc1. The summed E-state index contributed by atoms with van der Waals surface area (Å²) in [6.07, 6.45) is 0.683. The Morgan fingerprint density at radius 1 is 1.12 bits per heavy atom. The van der Waals surface area contributed by atoms with E-state index in [0.717, 1.165) is 16.7 Å². The van der Waals surface area contributed by atoms with Crippen molar-refractivity contribution in [2.75, 3.05) is 16.0 Å². The lowest BCUT2D eigenvalue weighted by Gasteiger charge is -2.25. The van der Waals surface area contributed by atoms with Gasteiger partial charge in [-0.2, -0.15) is 0 Å². The first-order chi connectivity index (χ1) is 15.5. The lowest BCUT2D eigenvalue weighted by molar-refractivity contribution is -0.118. The molecular formula is C26H25FN2O2S. The van der Waals surface area contributed by atoms with Crippen molar-refractivity contribution in [3.8, 4) is 0 Å². The third-order valence-corrected chi connectivity index (χ3v) is 6.81. The molecule has 164 valence electrons. The van der Waals surface area contributed by atoms with Gasteiger partial charge in [-0.15, -0.1) is 11.8 Å². The Balaban J connectivity index is 1.59. The fourth-order valence-electron chi connectivity index (χ4n) is 4.00. The van der Waals surface area contributed by atoms with Gasteiger partial charge >= 0.3 is 0 Å². The number of aryl methyl sites for hydroxylation is 1. The molecule has 1 aliphatic heterocycles. The number of benzene rings is 3. The molecule has 0 bridgehead atoms. The van der Waals surface area contributed by atoms with E-state index < -0.39 is 5.82 Å². The first kappa shape index (κ1) is 22.1. The minimum absolute atomic E-state index is 0.0763. The van der Waals surface area contributed by atoms with Crippen molar-refractivity contribution in [1.29, 1.82) is 0 Å². The number of anilines is 2. The van der Waals surface area contributed by atoms with Crippen LogP contribution in [0.1, 0.15) is 41.3 Å². The van der Waals surface area contributed by atoms with E-state index in [1.807, 2.05) is 68.4 Å². The van der Waals surface area contributed by atoms with Gasteiger partial charge in [0.1, 0.15) is 11.2 Å². The molecule has 0 aromatic heterocycles. The second kappa shape index (κ2) is 9.57. The topological polar surface area (TPSA) is 49.4 Å². The highest BCUT2D eigenvalue weighted by Gasteiger charge is 2.35. The van der Waals surface area contributed by atoms with Gasteiger partial charge in [0.05, 0.1) is 17.4 Å². The number of hydrogen-bond donors (Lipinski definition) is 1. The Bertz CT molecular complexity index is 1140. The smallest absolute Gasteiger partial charge is 0.238 e. The number of halogens is 1. The zero-order valence-corrected chi connectivity index (χ0v) is 18.9. The minimum Gasteiger partial charge on any atom is -0.326 e. The van der Waals surface area contributed by atoms with E-state index >= 15 is 0 Å². The standard InChI is InChI=1S/C26H25FN2O2S/c1-3-21(18-8-5-4-6-9-18)25(31)28-20-11-7-10-19(15-20)26-29(24(30)16-32-26)23-14-17(2)12-13-22(23)27/h4-15,21,26H,3,16H2,1-2H3,(H,28,31)/t21-,26+/m0/s1. The van der Waals surface area contributed by atoms with Crippen LogP contribution in [0.4, 0.5) is 15.8 Å². The van der Waals surface area contributed by atoms with Crippen LogP contribution in [0.5, 0.6) is 0 Å². The van der Waals surface area contributed by atoms with E-state index in [1.54, 1.807) is 12.1 Å². The molecule has 1 N–H and O–H groups in total. The van der Waals surface area contributed by atoms with E-state index in [-0.39, 0.29) is 34.5 Å². The number of carbonyl (C=O) groups excluding carboxylic acids is 2. The molecule has 32 heavy (non-hydrogen) atoms. The van der Waals surface area contributed by atoms with Crippen LogP contribution in [0.3, 0.4) is 0 Å². The van der Waals surface area contributed by atoms with Crippen LogP contribution < -0.4 is 10.2 Å². The number of rotatable bonds is 6. The second-order valence-corrected chi connectivity index (χ2v) is 8.94. The van der Waals surface area contributed by atoms with Crippen molar-refractivity contribution in [3.05, 3.63) is 95.3 Å². The van der Waals surface area contributed by atoms with Gasteiger partial charge in [0.15, 0.2) is 0 Å². The number of nitrogens with one attached hydrogen (secondary N) is 1. The molecular weight excluding hydrogens is 423 g/mol. The first-order valence-electron chi connectivity index (χ1n) is 10.6. The highest BCUT2D eigenvalue weighted by molar-refractivity contribution is 8.00. The molecule has 1 heterocycles. The van der Waals surface area contributed by atoms with E-state index in [0.29, 0.717) is 12.1 Å². The summed E-state index contributed by atoms with van der Waals surface area (Å²) in [6.45, 7) is 3.86. The predicted octanol–water partition coefficient (Wildman–Crippen LogP) is 6.05. The summed E-state index contributed by atoms with van der Waals surface area (Å²) >= 11 is 1.45. The third-order valence-electron chi connectivity index (χ3n) is 5.60. The van der Waals surface area contributed by atoms with Gasteiger partial charge < -0.3 is 5.32 Å². The molecule has 2 amide bonds. The van der Waals surface area contributed by atoms with Crippen LogP contribution in [-0.2, 0) is 9.59 Å². The van der Waals surface area contributed by atoms with Crippen molar-refractivity contribution in [2.24, 2.45) is 0 Å². The fourth-order valence-corrected chi connectivity index (χ4v) is 5.15. The Hall–Kier alpha value is -3.12. The molecule has 1 saturated heterocycles. The average molecular weight is 449 g/mol. The third kappa shape index (κ3) is 4.55. The summed E-state index contributed by atoms with van der Waals surface area (Å²) < 4.78 is 14.6. The van der Waals surface area contributed by atoms with Crippen molar-refractivity contribution in [3.63, 3.8) is 0 Å². The van der Waals surface area contributed by atoms with E-state index in [9.17, 15) is 14.0 Å². The molecule has 0 saturated carbocycles. The molecule has 2 atom stereocenters. The van der Waals surface area contributed by atoms with Gasteiger partial charge in [-0.05, 0) is 54.3 Å². The van der Waals surface area contributed by atoms with Gasteiger partial charge in [-0.3, -0.25) is 14.5 Å². The number of thioether (sulfide) groups is 1. The average Bonchev–Trinajstić information content (AvgIpc) is 3.18. The Morgan fingerprint density at radius 3 is 2.66 bits per heavy atom. The Morgan fingerprint density at radius 2 is 1.91 bits per heavy atom. The summed E-state index contributed by atoms with van der Waals surface area (Å²) in [7, 11) is 0. The van der Waals surface area contributed by atoms with E-state index in [4.69, 9.17) is 0 Å². The number of amides is 2. The lowest BCUT2D eigenvalue weighted by atomic mass is 9.95. The summed E-state index contributed by atoms with van der Waals surface area (Å²) in [5.41, 5.74) is 3.65. The zero-order chi connectivity index (χ0) is 22.7. The number of hydrogen-bond acceptors (Lipinski definition) is 3. The van der Waals surface area contributed by atoms with Gasteiger partial charge in [0, 0.05) is 5.69 Å². The van der Waals surface area contributed by atoms with Gasteiger partial charge in [-0.25, -0.2) is 4.39 Å². The highest BCUT2D eigenvalue weighted by atomic mass is 32.2. The Kier molecular flexibility index (Phi) is 6.61. The zero-order valence-electron chi connectivity index (χ0n) is 18.0. The van der Waals surface area contributed by atoms with E-state index in [1.165, 1.54) is 22.7 Å². The largest absolute Gasteiger partial charge is 0.326 e. The summed E-state index contributed by atoms with van der Waals surface area (Å²) in [4.78, 5) is 27.1. The first-order valence-corrected chi connectivity index (χ1v) is 11.7. The van der Waals surface area contributed by atoms with Crippen LogP contribution in [0.25, 0.3) is 0 Å². The molecule has 3 aromatic rings. The molecule has 3 aromatic carbocycles. The molecule has 6 heteroatoms. The van der Waals surface area contributed by atoms with Crippen molar-refractivity contribution < 1.29 is 14.0 Å². The molecule has 0 aliphatic carbocycles. The summed E-state index contributed by atoms with van der Waals surface area (Å²) in [5, 5.41) is 2.66. The maximum absolute atomic E-state index is 14.6. The lowest BCUT2D eigenvalue weighted by Crippen LogP contribution is -2.29. The van der Waals surface area contributed by atoms with Gasteiger partial charge in [0.25, 0.3) is 0 Å². The van der Waals surface area contributed by atoms with E-state index in [2.05, 4.69) is 5.32 Å². The second-order valence-electron chi connectivity index (χ2n) is 7.87. The predicted molar refractivity (Wildman–Crippen MR) is 128 cm³/mol. The van der Waals surface area contributed by atoms with Crippen molar-refractivity contribution in [1.82, 2.24) is 0 Å². The maximum Gasteiger partial charge on any atom is 0.238 e. The minimum atomic E-state index is -0.422. The fraction of sp³-hybridized carbons (Fsp3) is 0.231.